The van der Waals surface area contributed by atoms with Gasteiger partial charge in [0.25, 0.3) is 5.91 Å². The molecule has 10 nitrogen and oxygen atoms in total. The van der Waals surface area contributed by atoms with Gasteiger partial charge < -0.3 is 25.8 Å². The lowest BCUT2D eigenvalue weighted by Gasteiger charge is -2.22. The molecular weight excluding hydrogens is 403 g/mol. The highest BCUT2D eigenvalue weighted by Crippen LogP contribution is 2.08. The summed E-state index contributed by atoms with van der Waals surface area (Å²) in [7, 11) is 0. The lowest BCUT2D eigenvalue weighted by molar-refractivity contribution is -0.142. The van der Waals surface area contributed by atoms with Gasteiger partial charge >= 0.3 is 13.7 Å². The van der Waals surface area contributed by atoms with Gasteiger partial charge in [0.2, 0.25) is 5.91 Å². The third kappa shape index (κ3) is 9.83. The standard InChI is InChI=1S/C20H24N4O4.BH2O2/c1-13(2)10-16(20(27)28)24-18(25)15(11-14-6-4-3-5-7-14)23-19(26)17-12-21-8-9-22-17;2-1-3/h3-9,12-13,15-16H,10-11H2,1-2H3,(H,23,26)(H,24,25)(H,27,28);2-3H/t15-,16-;/m0./s1. The molecular formula is C20H26BN4O6. The zero-order valence-corrected chi connectivity index (χ0v) is 17.3. The molecule has 2 amide bonds. The number of carbonyl (C=O) groups is 3. The Morgan fingerprint density at radius 2 is 1.68 bits per heavy atom. The molecule has 0 unspecified atom stereocenters. The third-order valence-corrected chi connectivity index (χ3v) is 4.02. The molecule has 1 radical (unpaired) electrons. The third-order valence-electron chi connectivity index (χ3n) is 4.02. The predicted octanol–water partition coefficient (Wildman–Crippen LogP) is -0.0616. The summed E-state index contributed by atoms with van der Waals surface area (Å²) in [5, 5.41) is 28.6. The van der Waals surface area contributed by atoms with Crippen molar-refractivity contribution >= 4 is 25.5 Å². The lowest BCUT2D eigenvalue weighted by atomic mass is 10.0. The van der Waals surface area contributed by atoms with Gasteiger partial charge in [0.05, 0.1) is 6.20 Å². The van der Waals surface area contributed by atoms with Crippen LogP contribution in [0.5, 0.6) is 0 Å². The molecule has 165 valence electrons. The molecule has 2 aromatic rings. The molecule has 1 aromatic heterocycles. The van der Waals surface area contributed by atoms with Crippen molar-refractivity contribution in [1.29, 1.82) is 0 Å². The molecule has 0 bridgehead atoms. The van der Waals surface area contributed by atoms with Gasteiger partial charge in [0.1, 0.15) is 17.8 Å². The maximum Gasteiger partial charge on any atom is 0.482 e. The molecule has 1 heterocycles. The molecule has 0 fully saturated rings. The van der Waals surface area contributed by atoms with Gasteiger partial charge in [-0.15, -0.1) is 0 Å². The van der Waals surface area contributed by atoms with Crippen LogP contribution in [-0.2, 0) is 16.0 Å². The van der Waals surface area contributed by atoms with E-state index >= 15 is 0 Å². The predicted molar refractivity (Wildman–Crippen MR) is 113 cm³/mol. The van der Waals surface area contributed by atoms with Crippen molar-refractivity contribution in [3.8, 4) is 0 Å². The zero-order valence-electron chi connectivity index (χ0n) is 17.3. The molecule has 2 atom stereocenters. The fraction of sp³-hybridized carbons (Fsp3) is 0.350. The maximum atomic E-state index is 12.8. The highest BCUT2D eigenvalue weighted by atomic mass is 16.4. The number of amides is 2. The monoisotopic (exact) mass is 429 g/mol. The van der Waals surface area contributed by atoms with Crippen molar-refractivity contribution < 1.29 is 29.5 Å². The Morgan fingerprint density at radius 1 is 1.03 bits per heavy atom. The van der Waals surface area contributed by atoms with Crippen molar-refractivity contribution in [3.63, 3.8) is 0 Å². The summed E-state index contributed by atoms with van der Waals surface area (Å²) in [6.07, 6.45) is 4.62. The van der Waals surface area contributed by atoms with Crippen molar-refractivity contribution in [2.24, 2.45) is 5.92 Å². The summed E-state index contributed by atoms with van der Waals surface area (Å²) in [5.74, 6) is -2.14. The summed E-state index contributed by atoms with van der Waals surface area (Å²) >= 11 is 0. The van der Waals surface area contributed by atoms with Gasteiger partial charge in [-0.05, 0) is 17.9 Å². The van der Waals surface area contributed by atoms with Crippen molar-refractivity contribution in [2.75, 3.05) is 0 Å². The number of carboxylic acid groups (broad SMARTS) is 1. The molecule has 11 heteroatoms. The van der Waals surface area contributed by atoms with Gasteiger partial charge in [-0.25, -0.2) is 9.78 Å². The van der Waals surface area contributed by atoms with Crippen LogP contribution in [0.25, 0.3) is 0 Å². The number of carboxylic acids is 1. The van der Waals surface area contributed by atoms with E-state index in [9.17, 15) is 19.5 Å². The molecule has 0 aliphatic rings. The number of hydrogen-bond donors (Lipinski definition) is 5. The summed E-state index contributed by atoms with van der Waals surface area (Å²) < 4.78 is 0. The fourth-order valence-corrected chi connectivity index (χ4v) is 2.67. The van der Waals surface area contributed by atoms with Crippen LogP contribution in [0.1, 0.15) is 36.3 Å². The molecule has 31 heavy (non-hydrogen) atoms. The number of carbonyl (C=O) groups excluding carboxylic acids is 2. The van der Waals surface area contributed by atoms with E-state index in [-0.39, 0.29) is 32.1 Å². The fourth-order valence-electron chi connectivity index (χ4n) is 2.67. The number of aromatic nitrogens is 2. The van der Waals surface area contributed by atoms with Gasteiger partial charge in [0.15, 0.2) is 0 Å². The average molecular weight is 429 g/mol. The maximum absolute atomic E-state index is 12.8. The molecule has 0 saturated heterocycles. The van der Waals surface area contributed by atoms with Crippen LogP contribution in [0.2, 0.25) is 0 Å². The van der Waals surface area contributed by atoms with E-state index in [4.69, 9.17) is 10.0 Å². The number of benzene rings is 1. The lowest BCUT2D eigenvalue weighted by Crippen LogP contribution is -2.52. The Balaban J connectivity index is 0.00000151. The molecule has 2 rings (SSSR count). The molecule has 0 saturated carbocycles. The van der Waals surface area contributed by atoms with Crippen LogP contribution in [0.15, 0.2) is 48.9 Å². The number of nitrogens with one attached hydrogen (secondary N) is 2. The largest absolute Gasteiger partial charge is 0.482 e. The van der Waals surface area contributed by atoms with Gasteiger partial charge in [-0.2, -0.15) is 0 Å². The summed E-state index contributed by atoms with van der Waals surface area (Å²) in [5.41, 5.74) is 0.906. The first-order chi connectivity index (χ1) is 14.8. The van der Waals surface area contributed by atoms with E-state index in [0.717, 1.165) is 5.56 Å². The van der Waals surface area contributed by atoms with Crippen LogP contribution in [0.3, 0.4) is 0 Å². The summed E-state index contributed by atoms with van der Waals surface area (Å²) in [6.45, 7) is 3.75. The highest BCUT2D eigenvalue weighted by Gasteiger charge is 2.27. The normalized spacial score (nSPS) is 12.0. The first-order valence-corrected chi connectivity index (χ1v) is 9.52. The number of hydrogen-bond acceptors (Lipinski definition) is 7. The van der Waals surface area contributed by atoms with Crippen LogP contribution in [0, 0.1) is 5.92 Å². The second kappa shape index (κ2) is 13.8. The second-order valence-electron chi connectivity index (χ2n) is 6.95. The van der Waals surface area contributed by atoms with E-state index in [2.05, 4.69) is 20.6 Å². The van der Waals surface area contributed by atoms with Crippen LogP contribution in [0.4, 0.5) is 0 Å². The SMILES string of the molecule is CC(C)C[C@H](NC(=O)[C@H](Cc1ccccc1)NC(=O)c1cnccn1)C(=O)O.O[B]O. The Bertz CT molecular complexity index is 823. The minimum absolute atomic E-state index is 0. The molecule has 0 aliphatic carbocycles. The second-order valence-corrected chi connectivity index (χ2v) is 6.95. The number of aliphatic carboxylic acids is 1. The van der Waals surface area contributed by atoms with Crippen LogP contribution >= 0.6 is 0 Å². The Morgan fingerprint density at radius 3 is 2.19 bits per heavy atom. The Hall–Kier alpha value is -3.31. The van der Waals surface area contributed by atoms with Gasteiger partial charge in [-0.1, -0.05) is 44.2 Å². The van der Waals surface area contributed by atoms with E-state index in [0.29, 0.717) is 0 Å². The molecule has 1 aromatic carbocycles. The van der Waals surface area contributed by atoms with E-state index < -0.39 is 29.9 Å². The Labute approximate surface area is 181 Å². The molecule has 0 spiro atoms. The van der Waals surface area contributed by atoms with E-state index in [1.54, 1.807) is 0 Å². The quantitative estimate of drug-likeness (QED) is 0.346. The molecule has 5 N–H and O–H groups in total. The van der Waals surface area contributed by atoms with Crippen molar-refractivity contribution in [2.45, 2.75) is 38.8 Å². The first kappa shape index (κ1) is 25.7. The summed E-state index contributed by atoms with van der Waals surface area (Å²) in [6, 6.07) is 7.18. The topological polar surface area (TPSA) is 162 Å². The first-order valence-electron chi connectivity index (χ1n) is 9.52. The molecule has 0 aliphatic heterocycles. The smallest absolute Gasteiger partial charge is 0.480 e. The number of rotatable bonds is 9. The van der Waals surface area contributed by atoms with Gasteiger partial charge in [0, 0.05) is 18.8 Å². The van der Waals surface area contributed by atoms with E-state index in [1.165, 1.54) is 18.6 Å². The van der Waals surface area contributed by atoms with E-state index in [1.807, 2.05) is 44.2 Å². The Kier molecular flexibility index (Phi) is 11.5. The van der Waals surface area contributed by atoms with Crippen molar-refractivity contribution in [3.05, 3.63) is 60.2 Å². The van der Waals surface area contributed by atoms with Gasteiger partial charge in [-0.3, -0.25) is 14.6 Å². The van der Waals surface area contributed by atoms with Crippen LogP contribution < -0.4 is 10.6 Å². The van der Waals surface area contributed by atoms with Crippen molar-refractivity contribution in [1.82, 2.24) is 20.6 Å². The average Bonchev–Trinajstić information content (AvgIpc) is 2.74. The zero-order chi connectivity index (χ0) is 23.2. The minimum atomic E-state index is -1.11. The minimum Gasteiger partial charge on any atom is -0.480 e. The summed E-state index contributed by atoms with van der Waals surface area (Å²) in [4.78, 5) is 44.5. The van der Waals surface area contributed by atoms with Crippen LogP contribution in [-0.4, -0.2) is 62.7 Å². The highest BCUT2D eigenvalue weighted by molar-refractivity contribution is 6.13. The number of nitrogens with zero attached hydrogens (tertiary/aromatic N) is 2.